The standard InChI is InChI=1S/C19H24IN/c1-4-11-21-18(13-16-9-5-7-14(2)12-16)17-10-6-8-15(3)19(17)20/h5-10,12,18,21H,4,11,13H2,1-3H3. The predicted molar refractivity (Wildman–Crippen MR) is 99.8 cm³/mol. The second-order valence-electron chi connectivity index (χ2n) is 5.68. The zero-order valence-corrected chi connectivity index (χ0v) is 15.3. The molecule has 0 heterocycles. The molecular weight excluding hydrogens is 369 g/mol. The largest absolute Gasteiger partial charge is 0.310 e. The highest BCUT2D eigenvalue weighted by Gasteiger charge is 2.15. The highest BCUT2D eigenvalue weighted by molar-refractivity contribution is 14.1. The third-order valence-electron chi connectivity index (χ3n) is 3.76. The van der Waals surface area contributed by atoms with Crippen LogP contribution in [0.4, 0.5) is 0 Å². The van der Waals surface area contributed by atoms with Crippen LogP contribution in [0.1, 0.15) is 41.6 Å². The lowest BCUT2D eigenvalue weighted by Crippen LogP contribution is -2.25. The van der Waals surface area contributed by atoms with Gasteiger partial charge in [0.1, 0.15) is 0 Å². The Morgan fingerprint density at radius 3 is 2.57 bits per heavy atom. The Bertz CT molecular complexity index is 592. The summed E-state index contributed by atoms with van der Waals surface area (Å²) in [6.45, 7) is 7.63. The average Bonchev–Trinajstić information content (AvgIpc) is 2.47. The molecular formula is C19H24IN. The van der Waals surface area contributed by atoms with Gasteiger partial charge in [-0.3, -0.25) is 0 Å². The number of hydrogen-bond acceptors (Lipinski definition) is 1. The monoisotopic (exact) mass is 393 g/mol. The van der Waals surface area contributed by atoms with E-state index in [1.807, 2.05) is 0 Å². The minimum atomic E-state index is 0.388. The summed E-state index contributed by atoms with van der Waals surface area (Å²) in [4.78, 5) is 0. The molecule has 0 saturated heterocycles. The van der Waals surface area contributed by atoms with Crippen molar-refractivity contribution in [2.24, 2.45) is 0 Å². The van der Waals surface area contributed by atoms with E-state index in [0.29, 0.717) is 6.04 Å². The van der Waals surface area contributed by atoms with E-state index < -0.39 is 0 Å². The van der Waals surface area contributed by atoms with Crippen LogP contribution in [-0.2, 0) is 6.42 Å². The normalized spacial score (nSPS) is 12.4. The summed E-state index contributed by atoms with van der Waals surface area (Å²) < 4.78 is 1.39. The summed E-state index contributed by atoms with van der Waals surface area (Å²) in [7, 11) is 0. The van der Waals surface area contributed by atoms with Crippen molar-refractivity contribution in [2.45, 2.75) is 39.7 Å². The van der Waals surface area contributed by atoms with E-state index in [1.54, 1.807) is 0 Å². The van der Waals surface area contributed by atoms with Gasteiger partial charge in [-0.1, -0.05) is 55.0 Å². The molecule has 0 spiro atoms. The molecule has 0 aliphatic heterocycles. The van der Waals surface area contributed by atoms with Crippen LogP contribution in [0.5, 0.6) is 0 Å². The quantitative estimate of drug-likeness (QED) is 0.666. The third-order valence-corrected chi connectivity index (χ3v) is 5.23. The van der Waals surface area contributed by atoms with Gasteiger partial charge in [-0.15, -0.1) is 0 Å². The van der Waals surface area contributed by atoms with E-state index >= 15 is 0 Å². The fourth-order valence-corrected chi connectivity index (χ4v) is 3.36. The van der Waals surface area contributed by atoms with Gasteiger partial charge >= 0.3 is 0 Å². The summed E-state index contributed by atoms with van der Waals surface area (Å²) in [6, 6.07) is 15.9. The van der Waals surface area contributed by atoms with Crippen molar-refractivity contribution in [3.8, 4) is 0 Å². The van der Waals surface area contributed by atoms with E-state index in [0.717, 1.165) is 19.4 Å². The summed E-state index contributed by atoms with van der Waals surface area (Å²) in [5, 5.41) is 3.72. The number of aryl methyl sites for hydroxylation is 2. The molecule has 2 heteroatoms. The number of hydrogen-bond donors (Lipinski definition) is 1. The summed E-state index contributed by atoms with van der Waals surface area (Å²) in [6.07, 6.45) is 2.20. The van der Waals surface area contributed by atoms with Gasteiger partial charge in [0.15, 0.2) is 0 Å². The maximum Gasteiger partial charge on any atom is 0.0371 e. The lowest BCUT2D eigenvalue weighted by Gasteiger charge is -2.21. The van der Waals surface area contributed by atoms with E-state index in [2.05, 4.69) is 91.1 Å². The first kappa shape index (κ1) is 16.5. The van der Waals surface area contributed by atoms with Gasteiger partial charge in [0.05, 0.1) is 0 Å². The van der Waals surface area contributed by atoms with E-state index in [-0.39, 0.29) is 0 Å². The van der Waals surface area contributed by atoms with Gasteiger partial charge in [0.25, 0.3) is 0 Å². The molecule has 0 amide bonds. The molecule has 0 aliphatic carbocycles. The van der Waals surface area contributed by atoms with Gasteiger partial charge in [-0.05, 0) is 72.5 Å². The second-order valence-corrected chi connectivity index (χ2v) is 6.76. The molecule has 2 rings (SSSR count). The highest BCUT2D eigenvalue weighted by atomic mass is 127. The Morgan fingerprint density at radius 2 is 1.86 bits per heavy atom. The minimum absolute atomic E-state index is 0.388. The zero-order valence-electron chi connectivity index (χ0n) is 13.1. The first-order valence-electron chi connectivity index (χ1n) is 7.65. The molecule has 0 aliphatic rings. The van der Waals surface area contributed by atoms with E-state index in [1.165, 1.54) is 25.8 Å². The Labute approximate surface area is 142 Å². The molecule has 0 saturated carbocycles. The number of nitrogens with one attached hydrogen (secondary N) is 1. The highest BCUT2D eigenvalue weighted by Crippen LogP contribution is 2.26. The molecule has 1 nitrogen and oxygen atoms in total. The van der Waals surface area contributed by atoms with Gasteiger partial charge < -0.3 is 5.32 Å². The molecule has 2 aromatic carbocycles. The van der Waals surface area contributed by atoms with Crippen molar-refractivity contribution in [2.75, 3.05) is 6.54 Å². The fourth-order valence-electron chi connectivity index (χ4n) is 2.62. The summed E-state index contributed by atoms with van der Waals surface area (Å²) >= 11 is 2.48. The Kier molecular flexibility index (Phi) is 6.24. The molecule has 0 bridgehead atoms. The van der Waals surface area contributed by atoms with Crippen LogP contribution in [0, 0.1) is 17.4 Å². The Hall–Kier alpha value is -0.870. The topological polar surface area (TPSA) is 12.0 Å². The molecule has 1 unspecified atom stereocenters. The molecule has 0 radical (unpaired) electrons. The van der Waals surface area contributed by atoms with Gasteiger partial charge in [0, 0.05) is 9.61 Å². The van der Waals surface area contributed by atoms with E-state index in [4.69, 9.17) is 0 Å². The SMILES string of the molecule is CCCNC(Cc1cccc(C)c1)c1cccc(C)c1I. The molecule has 1 atom stereocenters. The summed E-state index contributed by atoms with van der Waals surface area (Å²) in [5.74, 6) is 0. The van der Waals surface area contributed by atoms with E-state index in [9.17, 15) is 0 Å². The number of rotatable bonds is 6. The molecule has 0 aromatic heterocycles. The fraction of sp³-hybridized carbons (Fsp3) is 0.368. The van der Waals surface area contributed by atoms with Crippen molar-refractivity contribution in [1.82, 2.24) is 5.32 Å². The number of halogens is 1. The second kappa shape index (κ2) is 7.95. The molecule has 1 N–H and O–H groups in total. The molecule has 112 valence electrons. The van der Waals surface area contributed by atoms with Crippen LogP contribution < -0.4 is 5.32 Å². The van der Waals surface area contributed by atoms with Gasteiger partial charge in [-0.25, -0.2) is 0 Å². The smallest absolute Gasteiger partial charge is 0.0371 e. The van der Waals surface area contributed by atoms with Crippen molar-refractivity contribution in [3.05, 3.63) is 68.3 Å². The first-order valence-corrected chi connectivity index (χ1v) is 8.73. The lowest BCUT2D eigenvalue weighted by atomic mass is 9.96. The van der Waals surface area contributed by atoms with Crippen molar-refractivity contribution in [3.63, 3.8) is 0 Å². The summed E-state index contributed by atoms with van der Waals surface area (Å²) in [5.41, 5.74) is 5.52. The number of benzene rings is 2. The van der Waals surface area contributed by atoms with Crippen LogP contribution in [0.15, 0.2) is 42.5 Å². The van der Waals surface area contributed by atoms with Gasteiger partial charge in [-0.2, -0.15) is 0 Å². The Morgan fingerprint density at radius 1 is 1.10 bits per heavy atom. The molecule has 2 aromatic rings. The van der Waals surface area contributed by atoms with Crippen molar-refractivity contribution in [1.29, 1.82) is 0 Å². The van der Waals surface area contributed by atoms with Crippen LogP contribution in [0.25, 0.3) is 0 Å². The average molecular weight is 393 g/mol. The van der Waals surface area contributed by atoms with Gasteiger partial charge in [0.2, 0.25) is 0 Å². The van der Waals surface area contributed by atoms with Crippen molar-refractivity contribution >= 4 is 22.6 Å². The van der Waals surface area contributed by atoms with Crippen LogP contribution >= 0.6 is 22.6 Å². The first-order chi connectivity index (χ1) is 10.1. The van der Waals surface area contributed by atoms with Crippen molar-refractivity contribution < 1.29 is 0 Å². The maximum absolute atomic E-state index is 3.72. The Balaban J connectivity index is 2.27. The zero-order chi connectivity index (χ0) is 15.2. The van der Waals surface area contributed by atoms with Crippen LogP contribution in [0.3, 0.4) is 0 Å². The third kappa shape index (κ3) is 4.55. The minimum Gasteiger partial charge on any atom is -0.310 e. The van der Waals surface area contributed by atoms with Crippen LogP contribution in [-0.4, -0.2) is 6.54 Å². The molecule has 0 fully saturated rings. The van der Waals surface area contributed by atoms with Crippen LogP contribution in [0.2, 0.25) is 0 Å². The molecule has 21 heavy (non-hydrogen) atoms. The maximum atomic E-state index is 3.72. The lowest BCUT2D eigenvalue weighted by molar-refractivity contribution is 0.527. The predicted octanol–water partition coefficient (Wildman–Crippen LogP) is 5.19.